The Hall–Kier alpha value is -2.20. The summed E-state index contributed by atoms with van der Waals surface area (Å²) in [4.78, 5) is 19.4. The van der Waals surface area contributed by atoms with Crippen LogP contribution >= 0.6 is 0 Å². The third-order valence-electron chi connectivity index (χ3n) is 4.71. The molecule has 1 heterocycles. The predicted octanol–water partition coefficient (Wildman–Crippen LogP) is 4.50. The minimum atomic E-state index is -0.251. The number of aromatic nitrogens is 1. The van der Waals surface area contributed by atoms with Gasteiger partial charge in [-0.1, -0.05) is 37.1 Å². The fourth-order valence-electron chi connectivity index (χ4n) is 3.05. The molecule has 0 aliphatic heterocycles. The van der Waals surface area contributed by atoms with Crippen LogP contribution in [0.3, 0.4) is 0 Å². The van der Waals surface area contributed by atoms with E-state index < -0.39 is 0 Å². The maximum Gasteiger partial charge on any atom is 0.241 e. The first kappa shape index (κ1) is 19.1. The van der Waals surface area contributed by atoms with Gasteiger partial charge >= 0.3 is 0 Å². The number of anilines is 1. The lowest BCUT2D eigenvalue weighted by molar-refractivity contribution is -0.121. The number of pyridine rings is 1. The summed E-state index contributed by atoms with van der Waals surface area (Å²) in [5.74, 6) is 0.00601. The maximum absolute atomic E-state index is 12.8. The third kappa shape index (κ3) is 4.89. The highest BCUT2D eigenvalue weighted by atomic mass is 16.2. The number of aryl methyl sites for hydroxylation is 2. The molecular formula is C21H29N3O. The number of carbonyl (C=O) groups excluding carboxylic acids is 1. The molecule has 1 aromatic carbocycles. The molecule has 2 aromatic rings. The van der Waals surface area contributed by atoms with Crippen molar-refractivity contribution in [3.63, 3.8) is 0 Å². The maximum atomic E-state index is 12.8. The number of benzene rings is 1. The van der Waals surface area contributed by atoms with Crippen molar-refractivity contribution in [3.8, 4) is 0 Å². The summed E-state index contributed by atoms with van der Waals surface area (Å²) >= 11 is 0. The number of carbonyl (C=O) groups is 1. The average Bonchev–Trinajstić information content (AvgIpc) is 2.61. The summed E-state index contributed by atoms with van der Waals surface area (Å²) in [6, 6.07) is 11.9. The van der Waals surface area contributed by atoms with Crippen molar-refractivity contribution in [2.45, 2.75) is 52.6 Å². The van der Waals surface area contributed by atoms with Crippen molar-refractivity contribution in [2.24, 2.45) is 0 Å². The van der Waals surface area contributed by atoms with Crippen molar-refractivity contribution in [2.75, 3.05) is 12.4 Å². The van der Waals surface area contributed by atoms with Gasteiger partial charge < -0.3 is 5.32 Å². The van der Waals surface area contributed by atoms with Gasteiger partial charge in [0, 0.05) is 11.9 Å². The summed E-state index contributed by atoms with van der Waals surface area (Å²) in [5.41, 5.74) is 4.16. The summed E-state index contributed by atoms with van der Waals surface area (Å²) in [6.07, 6.45) is 3.82. The molecule has 2 atom stereocenters. The molecule has 4 heteroatoms. The number of hydrogen-bond acceptors (Lipinski definition) is 3. The molecule has 2 rings (SSSR count). The van der Waals surface area contributed by atoms with Crippen LogP contribution in [0, 0.1) is 13.8 Å². The van der Waals surface area contributed by atoms with E-state index in [2.05, 4.69) is 35.1 Å². The van der Waals surface area contributed by atoms with E-state index in [1.807, 2.05) is 57.4 Å². The number of rotatable bonds is 7. The molecule has 25 heavy (non-hydrogen) atoms. The summed E-state index contributed by atoms with van der Waals surface area (Å²) in [6.45, 7) is 8.18. The summed E-state index contributed by atoms with van der Waals surface area (Å²) in [7, 11) is 2.00. The summed E-state index contributed by atoms with van der Waals surface area (Å²) in [5, 5.41) is 3.07. The van der Waals surface area contributed by atoms with Gasteiger partial charge in [-0.3, -0.25) is 14.7 Å². The second kappa shape index (κ2) is 8.77. The minimum absolute atomic E-state index is 0.00601. The lowest BCUT2D eigenvalue weighted by atomic mass is 10.0. The smallest absolute Gasteiger partial charge is 0.241 e. The highest BCUT2D eigenvalue weighted by Gasteiger charge is 2.26. The topological polar surface area (TPSA) is 45.2 Å². The third-order valence-corrected chi connectivity index (χ3v) is 4.71. The predicted molar refractivity (Wildman–Crippen MR) is 104 cm³/mol. The van der Waals surface area contributed by atoms with Crippen molar-refractivity contribution >= 4 is 11.6 Å². The molecule has 0 unspecified atom stereocenters. The standard InChI is InChI=1S/C21H29N3O/c1-6-9-20(19-10-7-8-13-22-19)24(5)17(4)21(25)23-18-12-11-15(2)14-16(18)3/h7-8,10-14,17,20H,6,9H2,1-5H3,(H,23,25)/t17-,20-/m1/s1. The Kier molecular flexibility index (Phi) is 6.71. The Labute approximate surface area is 151 Å². The van der Waals surface area contributed by atoms with Gasteiger partial charge in [-0.15, -0.1) is 0 Å². The first-order valence-electron chi connectivity index (χ1n) is 8.95. The second-order valence-electron chi connectivity index (χ2n) is 6.71. The van der Waals surface area contributed by atoms with Gasteiger partial charge in [-0.05, 0) is 58.0 Å². The van der Waals surface area contributed by atoms with Crippen LogP contribution in [-0.4, -0.2) is 28.9 Å². The largest absolute Gasteiger partial charge is 0.324 e. The molecule has 0 bridgehead atoms. The molecule has 0 fully saturated rings. The van der Waals surface area contributed by atoms with Gasteiger partial charge in [0.1, 0.15) is 0 Å². The van der Waals surface area contributed by atoms with Gasteiger partial charge in [-0.25, -0.2) is 0 Å². The van der Waals surface area contributed by atoms with E-state index in [0.717, 1.165) is 29.8 Å². The number of nitrogens with zero attached hydrogens (tertiary/aromatic N) is 2. The molecule has 1 aromatic heterocycles. The van der Waals surface area contributed by atoms with Crippen LogP contribution in [-0.2, 0) is 4.79 Å². The number of hydrogen-bond donors (Lipinski definition) is 1. The zero-order valence-corrected chi connectivity index (χ0v) is 15.9. The second-order valence-corrected chi connectivity index (χ2v) is 6.71. The molecule has 0 saturated heterocycles. The van der Waals surface area contributed by atoms with Crippen molar-refractivity contribution in [1.29, 1.82) is 0 Å². The molecular weight excluding hydrogens is 310 g/mol. The zero-order valence-electron chi connectivity index (χ0n) is 15.9. The Morgan fingerprint density at radius 1 is 1.24 bits per heavy atom. The highest BCUT2D eigenvalue weighted by molar-refractivity contribution is 5.95. The fourth-order valence-corrected chi connectivity index (χ4v) is 3.05. The number of amides is 1. The first-order chi connectivity index (χ1) is 11.9. The van der Waals surface area contributed by atoms with E-state index in [1.165, 1.54) is 5.56 Å². The van der Waals surface area contributed by atoms with Gasteiger partial charge in [0.2, 0.25) is 5.91 Å². The molecule has 0 radical (unpaired) electrons. The zero-order chi connectivity index (χ0) is 18.4. The monoisotopic (exact) mass is 339 g/mol. The van der Waals surface area contributed by atoms with Crippen LogP contribution in [0.4, 0.5) is 5.69 Å². The molecule has 4 nitrogen and oxygen atoms in total. The van der Waals surface area contributed by atoms with E-state index in [0.29, 0.717) is 0 Å². The highest BCUT2D eigenvalue weighted by Crippen LogP contribution is 2.25. The summed E-state index contributed by atoms with van der Waals surface area (Å²) < 4.78 is 0. The molecule has 0 aliphatic carbocycles. The van der Waals surface area contributed by atoms with Crippen molar-refractivity contribution in [3.05, 3.63) is 59.4 Å². The Morgan fingerprint density at radius 2 is 2.00 bits per heavy atom. The molecule has 1 amide bonds. The van der Waals surface area contributed by atoms with Crippen LogP contribution < -0.4 is 5.32 Å². The van der Waals surface area contributed by atoms with Crippen molar-refractivity contribution in [1.82, 2.24) is 9.88 Å². The Morgan fingerprint density at radius 3 is 2.60 bits per heavy atom. The Balaban J connectivity index is 2.13. The van der Waals surface area contributed by atoms with Crippen molar-refractivity contribution < 1.29 is 4.79 Å². The van der Waals surface area contributed by atoms with Crippen LogP contribution in [0.25, 0.3) is 0 Å². The van der Waals surface area contributed by atoms with Gasteiger partial charge in [0.05, 0.1) is 17.8 Å². The van der Waals surface area contributed by atoms with E-state index in [1.54, 1.807) is 0 Å². The lowest BCUT2D eigenvalue weighted by Gasteiger charge is -2.32. The van der Waals surface area contributed by atoms with E-state index in [-0.39, 0.29) is 18.0 Å². The number of nitrogens with one attached hydrogen (secondary N) is 1. The van der Waals surface area contributed by atoms with Crippen LogP contribution in [0.2, 0.25) is 0 Å². The van der Waals surface area contributed by atoms with Crippen LogP contribution in [0.15, 0.2) is 42.6 Å². The molecule has 0 spiro atoms. The van der Waals surface area contributed by atoms with E-state index in [9.17, 15) is 4.79 Å². The lowest BCUT2D eigenvalue weighted by Crippen LogP contribution is -2.42. The van der Waals surface area contributed by atoms with E-state index >= 15 is 0 Å². The minimum Gasteiger partial charge on any atom is -0.324 e. The van der Waals surface area contributed by atoms with Gasteiger partial charge in [0.15, 0.2) is 0 Å². The Bertz CT molecular complexity index is 700. The van der Waals surface area contributed by atoms with Crippen LogP contribution in [0.5, 0.6) is 0 Å². The van der Waals surface area contributed by atoms with Gasteiger partial charge in [0.25, 0.3) is 0 Å². The van der Waals surface area contributed by atoms with Gasteiger partial charge in [-0.2, -0.15) is 0 Å². The van der Waals surface area contributed by atoms with Crippen LogP contribution in [0.1, 0.15) is 49.6 Å². The first-order valence-corrected chi connectivity index (χ1v) is 8.95. The molecule has 1 N–H and O–H groups in total. The quantitative estimate of drug-likeness (QED) is 0.808. The number of likely N-dealkylation sites (N-methyl/N-ethyl adjacent to an activating group) is 1. The molecule has 0 saturated carbocycles. The molecule has 134 valence electrons. The fraction of sp³-hybridized carbons (Fsp3) is 0.429. The van der Waals surface area contributed by atoms with E-state index in [4.69, 9.17) is 0 Å². The average molecular weight is 339 g/mol. The molecule has 0 aliphatic rings. The SMILES string of the molecule is CCC[C@H](c1ccccn1)N(C)[C@H](C)C(=O)Nc1ccc(C)cc1C. The normalized spacial score (nSPS) is 13.5.